The maximum atomic E-state index is 12.6. The number of aromatic nitrogens is 1. The van der Waals surface area contributed by atoms with Crippen molar-refractivity contribution in [1.82, 2.24) is 4.98 Å². The summed E-state index contributed by atoms with van der Waals surface area (Å²) in [6, 6.07) is 13.8. The minimum absolute atomic E-state index is 0.0523. The zero-order valence-electron chi connectivity index (χ0n) is 12.0. The average Bonchev–Trinajstić information content (AvgIpc) is 2.50. The number of pyridine rings is 1. The lowest BCUT2D eigenvalue weighted by Gasteiger charge is -2.11. The van der Waals surface area contributed by atoms with Gasteiger partial charge in [0.25, 0.3) is 0 Å². The van der Waals surface area contributed by atoms with Gasteiger partial charge in [0.05, 0.1) is 0 Å². The van der Waals surface area contributed by atoms with Crippen LogP contribution in [-0.2, 0) is 10.1 Å². The summed E-state index contributed by atoms with van der Waals surface area (Å²) in [5, 5.41) is 0.816. The summed E-state index contributed by atoms with van der Waals surface area (Å²) in [4.78, 5) is 4.44. The van der Waals surface area contributed by atoms with Crippen molar-refractivity contribution in [1.29, 1.82) is 0 Å². The van der Waals surface area contributed by atoms with Crippen LogP contribution in [0.3, 0.4) is 0 Å². The Hall–Kier alpha value is -1.44. The van der Waals surface area contributed by atoms with Crippen molar-refractivity contribution in [2.45, 2.75) is 11.8 Å². The van der Waals surface area contributed by atoms with Crippen molar-refractivity contribution in [3.63, 3.8) is 0 Å². The van der Waals surface area contributed by atoms with E-state index in [-0.39, 0.29) is 10.6 Å². The molecule has 0 spiro atoms. The summed E-state index contributed by atoms with van der Waals surface area (Å²) in [6.45, 7) is 1.84. The molecule has 0 amide bonds. The fraction of sp³-hybridized carbons (Fsp3) is 0.0625. The van der Waals surface area contributed by atoms with E-state index in [9.17, 15) is 8.42 Å². The van der Waals surface area contributed by atoms with Crippen LogP contribution in [0.5, 0.6) is 5.75 Å². The number of para-hydroxylation sites is 1. The van der Waals surface area contributed by atoms with Gasteiger partial charge in [-0.2, -0.15) is 8.42 Å². The van der Waals surface area contributed by atoms with Crippen molar-refractivity contribution in [3.8, 4) is 5.75 Å². The third-order valence-electron chi connectivity index (χ3n) is 3.18. The third-order valence-corrected chi connectivity index (χ3v) is 5.91. The van der Waals surface area contributed by atoms with E-state index in [4.69, 9.17) is 4.18 Å². The Morgan fingerprint density at radius 3 is 2.61 bits per heavy atom. The molecule has 7 heteroatoms. The van der Waals surface area contributed by atoms with Crippen LogP contribution in [0.2, 0.25) is 0 Å². The molecule has 23 heavy (non-hydrogen) atoms. The molecule has 0 aliphatic rings. The van der Waals surface area contributed by atoms with E-state index in [0.717, 1.165) is 11.1 Å². The van der Waals surface area contributed by atoms with Crippen LogP contribution in [0.15, 0.2) is 62.4 Å². The second-order valence-electron chi connectivity index (χ2n) is 4.89. The summed E-state index contributed by atoms with van der Waals surface area (Å²) in [6.07, 6.45) is 0. The van der Waals surface area contributed by atoms with E-state index in [2.05, 4.69) is 36.8 Å². The highest BCUT2D eigenvalue weighted by molar-refractivity contribution is 9.11. The van der Waals surface area contributed by atoms with E-state index in [1.54, 1.807) is 24.3 Å². The van der Waals surface area contributed by atoms with Gasteiger partial charge in [-0.05, 0) is 53.2 Å². The minimum atomic E-state index is -3.99. The lowest BCUT2D eigenvalue weighted by Crippen LogP contribution is -2.11. The van der Waals surface area contributed by atoms with E-state index >= 15 is 0 Å². The van der Waals surface area contributed by atoms with Crippen LogP contribution < -0.4 is 4.18 Å². The highest BCUT2D eigenvalue weighted by Crippen LogP contribution is 2.31. The molecule has 0 atom stereocenters. The normalized spacial score (nSPS) is 11.6. The van der Waals surface area contributed by atoms with Gasteiger partial charge in [0.15, 0.2) is 5.75 Å². The highest BCUT2D eigenvalue weighted by Gasteiger charge is 2.22. The molecule has 0 unspecified atom stereocenters. The topological polar surface area (TPSA) is 56.3 Å². The molecule has 0 fully saturated rings. The molecular weight excluding hydrogens is 446 g/mol. The van der Waals surface area contributed by atoms with Crippen LogP contribution in [-0.4, -0.2) is 13.4 Å². The van der Waals surface area contributed by atoms with Crippen molar-refractivity contribution in [3.05, 3.63) is 63.2 Å². The molecule has 0 N–H and O–H groups in total. The summed E-state index contributed by atoms with van der Waals surface area (Å²) in [7, 11) is -3.99. The number of hydrogen-bond donors (Lipinski definition) is 0. The largest absolute Gasteiger partial charge is 0.377 e. The van der Waals surface area contributed by atoms with E-state index in [1.807, 2.05) is 25.1 Å². The molecule has 0 saturated heterocycles. The van der Waals surface area contributed by atoms with Crippen LogP contribution >= 0.6 is 31.9 Å². The lowest BCUT2D eigenvalue weighted by molar-refractivity contribution is 0.487. The number of benzene rings is 2. The Balaban J connectivity index is 2.11. The maximum Gasteiger partial charge on any atom is 0.340 e. The Morgan fingerprint density at radius 2 is 1.83 bits per heavy atom. The van der Waals surface area contributed by atoms with Crippen LogP contribution in [0.4, 0.5) is 0 Å². The maximum absolute atomic E-state index is 12.6. The lowest BCUT2D eigenvalue weighted by atomic mass is 10.2. The molecule has 2 aromatic carbocycles. The quantitative estimate of drug-likeness (QED) is 0.529. The predicted octanol–water partition coefficient (Wildman–Crippen LogP) is 4.84. The van der Waals surface area contributed by atoms with Crippen LogP contribution in [0, 0.1) is 6.92 Å². The summed E-state index contributed by atoms with van der Waals surface area (Å²) < 4.78 is 31.6. The Bertz CT molecular complexity index is 1000. The van der Waals surface area contributed by atoms with Gasteiger partial charge in [-0.1, -0.05) is 34.1 Å². The smallest absolute Gasteiger partial charge is 0.340 e. The fourth-order valence-corrected chi connectivity index (χ4v) is 4.51. The average molecular weight is 457 g/mol. The molecule has 0 radical (unpaired) electrons. The summed E-state index contributed by atoms with van der Waals surface area (Å²) in [5.74, 6) is 0.207. The number of rotatable bonds is 3. The summed E-state index contributed by atoms with van der Waals surface area (Å²) >= 11 is 6.52. The van der Waals surface area contributed by atoms with Crippen molar-refractivity contribution in [2.75, 3.05) is 0 Å². The zero-order chi connectivity index (χ0) is 16.6. The Morgan fingerprint density at radius 1 is 1.04 bits per heavy atom. The van der Waals surface area contributed by atoms with Crippen LogP contribution in [0.25, 0.3) is 10.9 Å². The minimum Gasteiger partial charge on any atom is -0.377 e. The first-order valence-electron chi connectivity index (χ1n) is 6.63. The van der Waals surface area contributed by atoms with Gasteiger partial charge in [-0.15, -0.1) is 0 Å². The molecule has 4 nitrogen and oxygen atoms in total. The summed E-state index contributed by atoms with van der Waals surface area (Å²) in [5.41, 5.74) is 1.30. The second kappa shape index (κ2) is 6.22. The zero-order valence-corrected chi connectivity index (χ0v) is 15.9. The SMILES string of the molecule is Cc1ccc2cccc(OS(=O)(=O)c3cc(Br)ccc3Br)c2n1. The fourth-order valence-electron chi connectivity index (χ4n) is 2.12. The van der Waals surface area contributed by atoms with E-state index in [0.29, 0.717) is 14.5 Å². The first-order valence-corrected chi connectivity index (χ1v) is 9.62. The highest BCUT2D eigenvalue weighted by atomic mass is 79.9. The molecule has 0 aliphatic heterocycles. The van der Waals surface area contributed by atoms with Crippen molar-refractivity contribution in [2.24, 2.45) is 0 Å². The molecule has 3 aromatic rings. The van der Waals surface area contributed by atoms with Gasteiger partial charge in [-0.3, -0.25) is 0 Å². The van der Waals surface area contributed by atoms with Gasteiger partial charge in [0, 0.05) is 20.0 Å². The first-order chi connectivity index (χ1) is 10.9. The molecule has 1 heterocycles. The third kappa shape index (κ3) is 3.41. The number of hydrogen-bond acceptors (Lipinski definition) is 4. The van der Waals surface area contributed by atoms with Gasteiger partial charge in [-0.25, -0.2) is 4.98 Å². The van der Waals surface area contributed by atoms with Gasteiger partial charge < -0.3 is 4.18 Å². The van der Waals surface area contributed by atoms with Gasteiger partial charge in [0.2, 0.25) is 0 Å². The van der Waals surface area contributed by atoms with Crippen LogP contribution in [0.1, 0.15) is 5.69 Å². The molecule has 3 rings (SSSR count). The number of halogens is 2. The standard InChI is InChI=1S/C16H11Br2NO3S/c1-10-5-6-11-3-2-4-14(16(11)19-10)22-23(20,21)15-9-12(17)7-8-13(15)18/h2-9H,1H3. The first kappa shape index (κ1) is 16.4. The van der Waals surface area contributed by atoms with Crippen molar-refractivity contribution >= 4 is 52.9 Å². The molecule has 0 aliphatic carbocycles. The molecular formula is C16H11Br2NO3S. The van der Waals surface area contributed by atoms with E-state index in [1.165, 1.54) is 6.07 Å². The monoisotopic (exact) mass is 455 g/mol. The Labute approximate surface area is 150 Å². The number of fused-ring (bicyclic) bond motifs is 1. The molecule has 0 saturated carbocycles. The Kier molecular flexibility index (Phi) is 4.44. The predicted molar refractivity (Wildman–Crippen MR) is 96.1 cm³/mol. The van der Waals surface area contributed by atoms with E-state index < -0.39 is 10.1 Å². The number of aryl methyl sites for hydroxylation is 1. The van der Waals surface area contributed by atoms with Gasteiger partial charge >= 0.3 is 10.1 Å². The second-order valence-corrected chi connectivity index (χ2v) is 8.18. The molecule has 1 aromatic heterocycles. The van der Waals surface area contributed by atoms with Gasteiger partial charge in [0.1, 0.15) is 10.4 Å². The van der Waals surface area contributed by atoms with Crippen molar-refractivity contribution < 1.29 is 12.6 Å². The number of nitrogens with zero attached hydrogens (tertiary/aromatic N) is 1. The molecule has 118 valence electrons. The molecule has 0 bridgehead atoms.